The maximum Gasteiger partial charge on any atom is 0.427 e. The molecule has 0 aliphatic rings. The molecule has 0 spiro atoms. The minimum Gasteiger partial charge on any atom is -0.481 e. The number of alkyl halides is 3. The summed E-state index contributed by atoms with van der Waals surface area (Å²) < 4.78 is 53.5. The topological polar surface area (TPSA) is 62.2 Å². The molecule has 1 atom stereocenters. The number of carboxylic acid groups (broad SMARTS) is 1. The monoisotopic (exact) mass is 424 g/mol. The summed E-state index contributed by atoms with van der Waals surface area (Å²) in [5.74, 6) is -2.20. The van der Waals surface area contributed by atoms with Gasteiger partial charge in [-0.25, -0.2) is 9.37 Å². The van der Waals surface area contributed by atoms with Crippen molar-refractivity contribution in [2.24, 2.45) is 5.92 Å². The maximum absolute atomic E-state index is 13.5. The highest BCUT2D eigenvalue weighted by molar-refractivity contribution is 7.16. The van der Waals surface area contributed by atoms with Crippen molar-refractivity contribution in [3.05, 3.63) is 59.2 Å². The Morgan fingerprint density at radius 1 is 1.07 bits per heavy atom. The smallest absolute Gasteiger partial charge is 0.427 e. The average molecular weight is 424 g/mol. The number of carbonyl (C=O) groups is 1. The van der Waals surface area contributed by atoms with Crippen LogP contribution in [0.3, 0.4) is 0 Å². The van der Waals surface area contributed by atoms with Gasteiger partial charge in [0.1, 0.15) is 10.7 Å². The summed E-state index contributed by atoms with van der Waals surface area (Å²) in [5, 5.41) is 11.6. The number of anilines is 1. The van der Waals surface area contributed by atoms with Gasteiger partial charge in [0.05, 0.1) is 11.6 Å². The van der Waals surface area contributed by atoms with Crippen LogP contribution in [0.2, 0.25) is 0 Å². The average Bonchev–Trinajstić information content (AvgIpc) is 3.11. The Hall–Kier alpha value is -2.94. The fraction of sp³-hybridized carbons (Fsp3) is 0.200. The minimum atomic E-state index is -4.60. The Morgan fingerprint density at radius 2 is 1.59 bits per heavy atom. The van der Waals surface area contributed by atoms with Gasteiger partial charge in [-0.15, -0.1) is 0 Å². The third-order valence-electron chi connectivity index (χ3n) is 4.20. The number of hydrogen-bond acceptors (Lipinski definition) is 4. The van der Waals surface area contributed by atoms with Crippen LogP contribution in [0, 0.1) is 11.7 Å². The molecule has 0 bridgehead atoms. The largest absolute Gasteiger partial charge is 0.481 e. The summed E-state index contributed by atoms with van der Waals surface area (Å²) in [6, 6.07) is 12.1. The highest BCUT2D eigenvalue weighted by Gasteiger charge is 2.37. The number of nitrogens with zero attached hydrogens (tertiary/aromatic N) is 1. The zero-order valence-corrected chi connectivity index (χ0v) is 15.9. The van der Waals surface area contributed by atoms with E-state index in [4.69, 9.17) is 5.11 Å². The third kappa shape index (κ3) is 4.92. The molecule has 0 amide bonds. The molecule has 2 aromatic carbocycles. The van der Waals surface area contributed by atoms with Gasteiger partial charge < -0.3 is 10.4 Å². The molecule has 2 N–H and O–H groups in total. The summed E-state index contributed by atoms with van der Waals surface area (Å²) in [5.41, 5.74) is 1.51. The molecule has 1 heterocycles. The molecule has 0 saturated heterocycles. The zero-order valence-electron chi connectivity index (χ0n) is 15.1. The number of rotatable bonds is 6. The van der Waals surface area contributed by atoms with E-state index >= 15 is 0 Å². The first kappa shape index (κ1) is 20.8. The number of benzene rings is 2. The van der Waals surface area contributed by atoms with Gasteiger partial charge in [0, 0.05) is 12.1 Å². The van der Waals surface area contributed by atoms with Crippen LogP contribution < -0.4 is 5.32 Å². The van der Waals surface area contributed by atoms with E-state index in [1.165, 1.54) is 31.2 Å². The summed E-state index contributed by atoms with van der Waals surface area (Å²) in [4.78, 5) is 14.1. The summed E-state index contributed by atoms with van der Waals surface area (Å²) in [7, 11) is 0. The fourth-order valence-electron chi connectivity index (χ4n) is 2.57. The van der Waals surface area contributed by atoms with Gasteiger partial charge in [-0.2, -0.15) is 13.2 Å². The lowest BCUT2D eigenvalue weighted by atomic mass is 10.0. The molecule has 0 aliphatic heterocycles. The second kappa shape index (κ2) is 8.20. The lowest BCUT2D eigenvalue weighted by Crippen LogP contribution is -2.19. The Kier molecular flexibility index (Phi) is 5.88. The lowest BCUT2D eigenvalue weighted by Gasteiger charge is -2.07. The number of nitrogens with one attached hydrogen (secondary N) is 1. The van der Waals surface area contributed by atoms with E-state index in [0.717, 1.165) is 11.1 Å². The number of thiazole rings is 1. The number of carboxylic acids is 1. The van der Waals surface area contributed by atoms with Crippen molar-refractivity contribution in [1.82, 2.24) is 4.98 Å². The number of hydrogen-bond donors (Lipinski definition) is 2. The van der Waals surface area contributed by atoms with Crippen molar-refractivity contribution in [1.29, 1.82) is 0 Å². The molecule has 4 nitrogen and oxygen atoms in total. The van der Waals surface area contributed by atoms with Crippen LogP contribution in [-0.4, -0.2) is 22.6 Å². The van der Waals surface area contributed by atoms with E-state index < -0.39 is 22.9 Å². The summed E-state index contributed by atoms with van der Waals surface area (Å²) >= 11 is 0.435. The molecular formula is C20H16F4N2O2S. The highest BCUT2D eigenvalue weighted by Crippen LogP contribution is 2.42. The van der Waals surface area contributed by atoms with E-state index in [1.807, 2.05) is 0 Å². The van der Waals surface area contributed by atoms with Crippen molar-refractivity contribution in [3.63, 3.8) is 0 Å². The third-order valence-corrected chi connectivity index (χ3v) is 5.26. The Bertz CT molecular complexity index is 999. The van der Waals surface area contributed by atoms with E-state index in [9.17, 15) is 22.4 Å². The second-order valence-electron chi connectivity index (χ2n) is 6.40. The van der Waals surface area contributed by atoms with Crippen LogP contribution in [-0.2, 0) is 11.0 Å². The summed E-state index contributed by atoms with van der Waals surface area (Å²) in [6.07, 6.45) is -4.60. The molecule has 3 rings (SSSR count). The van der Waals surface area contributed by atoms with Crippen LogP contribution in [0.1, 0.15) is 11.8 Å². The lowest BCUT2D eigenvalue weighted by molar-refractivity contribution is -0.140. The second-order valence-corrected chi connectivity index (χ2v) is 7.40. The van der Waals surface area contributed by atoms with Crippen LogP contribution in [0.25, 0.3) is 22.4 Å². The Labute approximate surface area is 167 Å². The van der Waals surface area contributed by atoms with Crippen LogP contribution in [0.15, 0.2) is 48.5 Å². The van der Waals surface area contributed by atoms with Gasteiger partial charge in [0.2, 0.25) is 0 Å². The molecule has 0 saturated carbocycles. The van der Waals surface area contributed by atoms with Gasteiger partial charge in [-0.1, -0.05) is 54.7 Å². The van der Waals surface area contributed by atoms with Gasteiger partial charge in [-0.05, 0) is 23.3 Å². The quantitative estimate of drug-likeness (QED) is 0.494. The fourth-order valence-corrected chi connectivity index (χ4v) is 3.44. The standard InChI is InChI=1S/C20H16F4N2O2S/c1-11(18(27)28)10-25-19-26-16(17(29-19)20(22,23)24)14-4-2-12(3-5-14)13-6-8-15(21)9-7-13/h2-9,11H,10H2,1H3,(H,25,26)(H,27,28). The molecule has 1 aromatic heterocycles. The van der Waals surface area contributed by atoms with Gasteiger partial charge in [0.25, 0.3) is 0 Å². The number of halogens is 4. The molecule has 0 aliphatic carbocycles. The molecule has 0 radical (unpaired) electrons. The summed E-state index contributed by atoms with van der Waals surface area (Å²) in [6.45, 7) is 1.41. The molecule has 152 valence electrons. The zero-order chi connectivity index (χ0) is 21.2. The van der Waals surface area contributed by atoms with Gasteiger partial charge in [0.15, 0.2) is 5.13 Å². The Morgan fingerprint density at radius 3 is 2.10 bits per heavy atom. The highest BCUT2D eigenvalue weighted by atomic mass is 32.1. The van der Waals surface area contributed by atoms with Crippen LogP contribution >= 0.6 is 11.3 Å². The van der Waals surface area contributed by atoms with E-state index in [0.29, 0.717) is 11.3 Å². The van der Waals surface area contributed by atoms with E-state index in [2.05, 4.69) is 10.3 Å². The van der Waals surface area contributed by atoms with Gasteiger partial charge >= 0.3 is 12.1 Å². The van der Waals surface area contributed by atoms with Crippen molar-refractivity contribution in [2.45, 2.75) is 13.1 Å². The number of aromatic nitrogens is 1. The van der Waals surface area contributed by atoms with Crippen LogP contribution in [0.4, 0.5) is 22.7 Å². The Balaban J connectivity index is 1.90. The minimum absolute atomic E-state index is 0.00281. The molecular weight excluding hydrogens is 408 g/mol. The van der Waals surface area contributed by atoms with Crippen molar-refractivity contribution >= 4 is 22.4 Å². The number of aliphatic carboxylic acids is 1. The first-order valence-corrected chi connectivity index (χ1v) is 9.38. The molecule has 3 aromatic rings. The molecule has 0 fully saturated rings. The van der Waals surface area contributed by atoms with E-state index in [1.54, 1.807) is 24.3 Å². The normalized spacial score (nSPS) is 12.6. The van der Waals surface area contributed by atoms with Crippen molar-refractivity contribution in [3.8, 4) is 22.4 Å². The maximum atomic E-state index is 13.5. The van der Waals surface area contributed by atoms with Crippen LogP contribution in [0.5, 0.6) is 0 Å². The van der Waals surface area contributed by atoms with Crippen molar-refractivity contribution < 1.29 is 27.5 Å². The molecule has 9 heteroatoms. The first-order chi connectivity index (χ1) is 13.6. The molecule has 1 unspecified atom stereocenters. The predicted molar refractivity (Wildman–Crippen MR) is 103 cm³/mol. The first-order valence-electron chi connectivity index (χ1n) is 8.56. The molecule has 29 heavy (non-hydrogen) atoms. The van der Waals surface area contributed by atoms with E-state index in [-0.39, 0.29) is 28.8 Å². The van der Waals surface area contributed by atoms with Gasteiger partial charge in [-0.3, -0.25) is 4.79 Å². The predicted octanol–water partition coefficient (Wildman–Crippen LogP) is 5.77. The van der Waals surface area contributed by atoms with Crippen molar-refractivity contribution in [2.75, 3.05) is 11.9 Å². The SMILES string of the molecule is CC(CNc1nc(-c2ccc(-c3ccc(F)cc3)cc2)c(C(F)(F)F)s1)C(=O)O.